The summed E-state index contributed by atoms with van der Waals surface area (Å²) in [5.74, 6) is 0. The molecule has 1 unspecified atom stereocenters. The Labute approximate surface area is 118 Å². The smallest absolute Gasteiger partial charge is 0.0991 e. The molecule has 2 rings (SSSR count). The third-order valence-corrected chi connectivity index (χ3v) is 3.10. The molecule has 0 radical (unpaired) electrons. The van der Waals surface area contributed by atoms with E-state index in [0.717, 1.165) is 18.5 Å². The number of rotatable bonds is 6. The van der Waals surface area contributed by atoms with Crippen LogP contribution in [-0.2, 0) is 6.42 Å². The van der Waals surface area contributed by atoms with Crippen LogP contribution >= 0.6 is 0 Å². The lowest BCUT2D eigenvalue weighted by atomic mass is 10.1. The minimum atomic E-state index is -0.555. The number of nitriles is 1. The first-order valence-corrected chi connectivity index (χ1v) is 6.57. The van der Waals surface area contributed by atoms with Crippen molar-refractivity contribution >= 4 is 0 Å². The summed E-state index contributed by atoms with van der Waals surface area (Å²) in [7, 11) is 0. The van der Waals surface area contributed by atoms with E-state index in [1.807, 2.05) is 12.1 Å². The molecule has 102 valence electrons. The topological polar surface area (TPSA) is 68.9 Å². The average molecular weight is 267 g/mol. The highest BCUT2D eigenvalue weighted by Gasteiger charge is 2.06. The fourth-order valence-corrected chi connectivity index (χ4v) is 1.92. The molecule has 1 aromatic carbocycles. The van der Waals surface area contributed by atoms with Gasteiger partial charge in [0.2, 0.25) is 0 Å². The number of aliphatic hydroxyl groups is 1. The highest BCUT2D eigenvalue weighted by molar-refractivity contribution is 5.32. The molecule has 1 aromatic heterocycles. The molecule has 0 saturated carbocycles. The Morgan fingerprint density at radius 2 is 1.85 bits per heavy atom. The van der Waals surface area contributed by atoms with Crippen molar-refractivity contribution in [3.63, 3.8) is 0 Å². The van der Waals surface area contributed by atoms with Crippen LogP contribution in [0.3, 0.4) is 0 Å². The van der Waals surface area contributed by atoms with Gasteiger partial charge in [-0.1, -0.05) is 12.1 Å². The lowest BCUT2D eigenvalue weighted by Gasteiger charge is -2.12. The average Bonchev–Trinajstić information content (AvgIpc) is 2.52. The van der Waals surface area contributed by atoms with E-state index < -0.39 is 6.10 Å². The molecule has 1 atom stereocenters. The lowest BCUT2D eigenvalue weighted by molar-refractivity contribution is 0.175. The number of benzene rings is 1. The standard InChI is InChI=1S/C16H17N3O/c17-11-14-1-3-15(4-2-14)16(20)12-19-10-7-13-5-8-18-9-6-13/h1-6,8-9,16,19-20H,7,10,12H2. The molecule has 20 heavy (non-hydrogen) atoms. The van der Waals surface area contributed by atoms with E-state index >= 15 is 0 Å². The van der Waals surface area contributed by atoms with Crippen molar-refractivity contribution in [2.75, 3.05) is 13.1 Å². The summed E-state index contributed by atoms with van der Waals surface area (Å²) in [6.45, 7) is 1.30. The number of nitrogens with zero attached hydrogens (tertiary/aromatic N) is 2. The molecule has 0 spiro atoms. The molecule has 0 aliphatic heterocycles. The normalized spacial score (nSPS) is 11.8. The summed E-state index contributed by atoms with van der Waals surface area (Å²) in [5, 5.41) is 22.0. The zero-order valence-corrected chi connectivity index (χ0v) is 11.2. The lowest BCUT2D eigenvalue weighted by Crippen LogP contribution is -2.23. The van der Waals surface area contributed by atoms with Gasteiger partial charge < -0.3 is 10.4 Å². The second-order valence-corrected chi connectivity index (χ2v) is 4.56. The van der Waals surface area contributed by atoms with Gasteiger partial charge in [-0.25, -0.2) is 0 Å². The predicted octanol–water partition coefficient (Wildman–Crippen LogP) is 1.82. The fraction of sp³-hybridized carbons (Fsp3) is 0.250. The van der Waals surface area contributed by atoms with Crippen LogP contribution in [0.25, 0.3) is 0 Å². The number of nitrogens with one attached hydrogen (secondary N) is 1. The summed E-state index contributed by atoms with van der Waals surface area (Å²) in [6.07, 6.45) is 3.91. The van der Waals surface area contributed by atoms with Gasteiger partial charge in [0.15, 0.2) is 0 Å². The second-order valence-electron chi connectivity index (χ2n) is 4.56. The van der Waals surface area contributed by atoms with E-state index in [1.54, 1.807) is 36.7 Å². The van der Waals surface area contributed by atoms with Gasteiger partial charge in [0.25, 0.3) is 0 Å². The molecular formula is C16H17N3O. The van der Waals surface area contributed by atoms with E-state index in [4.69, 9.17) is 5.26 Å². The van der Waals surface area contributed by atoms with Crippen LogP contribution in [0.5, 0.6) is 0 Å². The Kier molecular flexibility index (Phi) is 5.24. The maximum Gasteiger partial charge on any atom is 0.0991 e. The Hall–Kier alpha value is -2.22. The van der Waals surface area contributed by atoms with Gasteiger partial charge >= 0.3 is 0 Å². The number of hydrogen-bond acceptors (Lipinski definition) is 4. The van der Waals surface area contributed by atoms with Crippen LogP contribution < -0.4 is 5.32 Å². The van der Waals surface area contributed by atoms with E-state index in [-0.39, 0.29) is 0 Å². The van der Waals surface area contributed by atoms with Crippen LogP contribution in [0, 0.1) is 11.3 Å². The van der Waals surface area contributed by atoms with Crippen LogP contribution in [0.15, 0.2) is 48.8 Å². The Morgan fingerprint density at radius 1 is 1.15 bits per heavy atom. The third-order valence-electron chi connectivity index (χ3n) is 3.10. The van der Waals surface area contributed by atoms with Gasteiger partial charge in [-0.3, -0.25) is 4.98 Å². The Morgan fingerprint density at radius 3 is 2.50 bits per heavy atom. The second kappa shape index (κ2) is 7.39. The molecule has 0 bridgehead atoms. The van der Waals surface area contributed by atoms with Crippen LogP contribution in [0.1, 0.15) is 22.8 Å². The molecule has 1 heterocycles. The van der Waals surface area contributed by atoms with Crippen LogP contribution in [-0.4, -0.2) is 23.2 Å². The minimum absolute atomic E-state index is 0.497. The number of aromatic nitrogens is 1. The van der Waals surface area contributed by atoms with Gasteiger partial charge in [0.05, 0.1) is 17.7 Å². The molecule has 2 N–H and O–H groups in total. The van der Waals surface area contributed by atoms with Gasteiger partial charge in [0, 0.05) is 18.9 Å². The van der Waals surface area contributed by atoms with Crippen molar-refractivity contribution in [2.24, 2.45) is 0 Å². The summed E-state index contributed by atoms with van der Waals surface area (Å²) in [6, 6.07) is 13.0. The van der Waals surface area contributed by atoms with Gasteiger partial charge in [-0.15, -0.1) is 0 Å². The SMILES string of the molecule is N#Cc1ccc(C(O)CNCCc2ccncc2)cc1. The molecule has 0 amide bonds. The maximum absolute atomic E-state index is 10.0. The Balaban J connectivity index is 1.74. The van der Waals surface area contributed by atoms with Crippen LogP contribution in [0.4, 0.5) is 0 Å². The largest absolute Gasteiger partial charge is 0.387 e. The molecule has 4 heteroatoms. The van der Waals surface area contributed by atoms with Gasteiger partial charge in [0.1, 0.15) is 0 Å². The van der Waals surface area contributed by atoms with Crippen molar-refractivity contribution in [3.05, 3.63) is 65.5 Å². The fourth-order valence-electron chi connectivity index (χ4n) is 1.92. The molecule has 4 nitrogen and oxygen atoms in total. The predicted molar refractivity (Wildman–Crippen MR) is 76.9 cm³/mol. The zero-order valence-electron chi connectivity index (χ0n) is 11.2. The van der Waals surface area contributed by atoms with Gasteiger partial charge in [-0.2, -0.15) is 5.26 Å². The molecule has 0 saturated heterocycles. The van der Waals surface area contributed by atoms with Crippen molar-refractivity contribution in [1.82, 2.24) is 10.3 Å². The molecular weight excluding hydrogens is 250 g/mol. The Bertz CT molecular complexity index is 561. The summed E-state index contributed by atoms with van der Waals surface area (Å²) >= 11 is 0. The first-order chi connectivity index (χ1) is 9.79. The summed E-state index contributed by atoms with van der Waals surface area (Å²) < 4.78 is 0. The van der Waals surface area contributed by atoms with Crippen LogP contribution in [0.2, 0.25) is 0 Å². The maximum atomic E-state index is 10.0. The zero-order chi connectivity index (χ0) is 14.2. The minimum Gasteiger partial charge on any atom is -0.387 e. The van der Waals surface area contributed by atoms with E-state index in [1.165, 1.54) is 5.56 Å². The number of pyridine rings is 1. The molecule has 0 aliphatic carbocycles. The highest BCUT2D eigenvalue weighted by Crippen LogP contribution is 2.12. The monoisotopic (exact) mass is 267 g/mol. The molecule has 0 aliphatic rings. The highest BCUT2D eigenvalue weighted by atomic mass is 16.3. The quantitative estimate of drug-likeness (QED) is 0.783. The summed E-state index contributed by atoms with van der Waals surface area (Å²) in [4.78, 5) is 3.97. The van der Waals surface area contributed by atoms with E-state index in [2.05, 4.69) is 16.4 Å². The third kappa shape index (κ3) is 4.16. The van der Waals surface area contributed by atoms with Crippen molar-refractivity contribution < 1.29 is 5.11 Å². The summed E-state index contributed by atoms with van der Waals surface area (Å²) in [5.41, 5.74) is 2.65. The first kappa shape index (κ1) is 14.2. The van der Waals surface area contributed by atoms with Crippen molar-refractivity contribution in [3.8, 4) is 6.07 Å². The van der Waals surface area contributed by atoms with Crippen molar-refractivity contribution in [2.45, 2.75) is 12.5 Å². The molecule has 0 fully saturated rings. The van der Waals surface area contributed by atoms with Gasteiger partial charge in [-0.05, 0) is 48.4 Å². The number of hydrogen-bond donors (Lipinski definition) is 2. The van der Waals surface area contributed by atoms with Crippen molar-refractivity contribution in [1.29, 1.82) is 5.26 Å². The first-order valence-electron chi connectivity index (χ1n) is 6.57. The number of aliphatic hydroxyl groups excluding tert-OH is 1. The molecule has 2 aromatic rings. The van der Waals surface area contributed by atoms with E-state index in [0.29, 0.717) is 12.1 Å². The van der Waals surface area contributed by atoms with E-state index in [9.17, 15) is 5.11 Å².